The van der Waals surface area contributed by atoms with Crippen LogP contribution in [0, 0.1) is 5.82 Å². The van der Waals surface area contributed by atoms with Crippen LogP contribution in [0.2, 0.25) is 5.02 Å². The Hall–Kier alpha value is -0.850. The molecule has 1 saturated heterocycles. The van der Waals surface area contributed by atoms with Gasteiger partial charge in [0.05, 0.1) is 18.2 Å². The lowest BCUT2D eigenvalue weighted by molar-refractivity contribution is -0.224. The van der Waals surface area contributed by atoms with E-state index < -0.39 is 18.1 Å². The largest absolute Gasteiger partial charge is 0.418 e. The zero-order valence-corrected chi connectivity index (χ0v) is 9.76. The van der Waals surface area contributed by atoms with Gasteiger partial charge in [-0.25, -0.2) is 4.39 Å². The summed E-state index contributed by atoms with van der Waals surface area (Å²) in [6.45, 7) is 0.244. The Balaban J connectivity index is 2.17. The lowest BCUT2D eigenvalue weighted by Crippen LogP contribution is -2.25. The van der Waals surface area contributed by atoms with Gasteiger partial charge in [-0.15, -0.1) is 0 Å². The Morgan fingerprint density at radius 3 is 2.61 bits per heavy atom. The number of epoxide rings is 1. The number of hydrogen-bond donors (Lipinski definition) is 0. The molecule has 7 heteroatoms. The summed E-state index contributed by atoms with van der Waals surface area (Å²) in [7, 11) is 0. The molecule has 0 spiro atoms. The summed E-state index contributed by atoms with van der Waals surface area (Å²) in [4.78, 5) is 0. The van der Waals surface area contributed by atoms with Crippen LogP contribution in [0.1, 0.15) is 11.7 Å². The van der Waals surface area contributed by atoms with Crippen molar-refractivity contribution < 1.29 is 27.0 Å². The van der Waals surface area contributed by atoms with Crippen molar-refractivity contribution in [3.05, 3.63) is 34.6 Å². The number of halogens is 5. The fourth-order valence-corrected chi connectivity index (χ4v) is 1.61. The lowest BCUT2D eigenvalue weighted by Gasteiger charge is -2.21. The number of ether oxygens (including phenoxy) is 2. The lowest BCUT2D eigenvalue weighted by atomic mass is 10.1. The minimum Gasteiger partial charge on any atom is -0.371 e. The summed E-state index contributed by atoms with van der Waals surface area (Å²) in [6, 6.07) is 2.81. The summed E-state index contributed by atoms with van der Waals surface area (Å²) in [5, 5.41) is -0.368. The van der Waals surface area contributed by atoms with Crippen molar-refractivity contribution in [2.24, 2.45) is 0 Å². The van der Waals surface area contributed by atoms with E-state index in [0.29, 0.717) is 6.61 Å². The van der Waals surface area contributed by atoms with Crippen LogP contribution in [0.5, 0.6) is 0 Å². The normalized spacial score (nSPS) is 20.8. The minimum absolute atomic E-state index is 0.154. The van der Waals surface area contributed by atoms with Gasteiger partial charge in [0.2, 0.25) is 0 Å². The first-order valence-electron chi connectivity index (χ1n) is 5.13. The molecule has 1 fully saturated rings. The smallest absolute Gasteiger partial charge is 0.371 e. The quantitative estimate of drug-likeness (QED) is 0.623. The van der Waals surface area contributed by atoms with Gasteiger partial charge >= 0.3 is 6.18 Å². The van der Waals surface area contributed by atoms with Crippen LogP contribution >= 0.6 is 11.6 Å². The Morgan fingerprint density at radius 1 is 1.44 bits per heavy atom. The Bertz CT molecular complexity index is 432. The first-order chi connectivity index (χ1) is 8.38. The summed E-state index contributed by atoms with van der Waals surface area (Å²) in [5.74, 6) is -0.771. The molecule has 1 aliphatic rings. The average molecular weight is 285 g/mol. The highest BCUT2D eigenvalue weighted by Crippen LogP contribution is 2.37. The third-order valence-corrected chi connectivity index (χ3v) is 2.68. The van der Waals surface area contributed by atoms with Gasteiger partial charge in [0, 0.05) is 0 Å². The van der Waals surface area contributed by atoms with E-state index in [0.717, 1.165) is 18.2 Å². The second kappa shape index (κ2) is 5.03. The maximum Gasteiger partial charge on any atom is 0.418 e. The predicted octanol–water partition coefficient (Wildman–Crippen LogP) is 3.50. The molecule has 1 aromatic carbocycles. The molecule has 0 aliphatic carbocycles. The molecule has 0 radical (unpaired) electrons. The van der Waals surface area contributed by atoms with Crippen molar-refractivity contribution in [2.45, 2.75) is 18.4 Å². The summed E-state index contributed by atoms with van der Waals surface area (Å²) in [6.07, 6.45) is -7.00. The molecule has 18 heavy (non-hydrogen) atoms. The molecule has 0 bridgehead atoms. The first-order valence-corrected chi connectivity index (χ1v) is 5.50. The van der Waals surface area contributed by atoms with Crippen molar-refractivity contribution >= 4 is 11.6 Å². The minimum atomic E-state index is -4.59. The second-order valence-corrected chi connectivity index (χ2v) is 4.29. The Kier molecular flexibility index (Phi) is 3.79. The highest BCUT2D eigenvalue weighted by atomic mass is 35.5. The van der Waals surface area contributed by atoms with Gasteiger partial charge in [0.15, 0.2) is 6.10 Å². The van der Waals surface area contributed by atoms with E-state index in [2.05, 4.69) is 0 Å². The molecule has 0 amide bonds. The van der Waals surface area contributed by atoms with Gasteiger partial charge in [-0.05, 0) is 17.7 Å². The third-order valence-electron chi connectivity index (χ3n) is 2.39. The molecule has 2 nitrogen and oxygen atoms in total. The number of alkyl halides is 3. The standard InChI is InChI=1S/C11H9ClF4O2/c12-8-3-6(1-2-9(8)13)10(11(14,15)16)18-5-7-4-17-7/h1-3,7,10H,4-5H2/t7-,10+/m1/s1. The molecule has 1 aliphatic heterocycles. The summed E-state index contributed by atoms with van der Waals surface area (Å²) in [5.41, 5.74) is -0.227. The van der Waals surface area contributed by atoms with E-state index in [1.807, 2.05) is 0 Å². The van der Waals surface area contributed by atoms with Crippen LogP contribution in [0.4, 0.5) is 17.6 Å². The van der Waals surface area contributed by atoms with Crippen LogP contribution in [0.15, 0.2) is 18.2 Å². The maximum absolute atomic E-state index is 12.9. The van der Waals surface area contributed by atoms with Crippen molar-refractivity contribution in [2.75, 3.05) is 13.2 Å². The van der Waals surface area contributed by atoms with Crippen molar-refractivity contribution in [1.29, 1.82) is 0 Å². The molecule has 1 heterocycles. The zero-order chi connectivity index (χ0) is 13.3. The fourth-order valence-electron chi connectivity index (χ4n) is 1.42. The van der Waals surface area contributed by atoms with Crippen LogP contribution < -0.4 is 0 Å². The van der Waals surface area contributed by atoms with Gasteiger partial charge in [-0.2, -0.15) is 13.2 Å². The monoisotopic (exact) mass is 284 g/mol. The number of hydrogen-bond acceptors (Lipinski definition) is 2. The Labute approximate surface area is 105 Å². The average Bonchev–Trinajstić information content (AvgIpc) is 3.05. The van der Waals surface area contributed by atoms with E-state index in [-0.39, 0.29) is 23.3 Å². The van der Waals surface area contributed by atoms with Crippen LogP contribution in [0.3, 0.4) is 0 Å². The van der Waals surface area contributed by atoms with Gasteiger partial charge in [-0.3, -0.25) is 0 Å². The highest BCUT2D eigenvalue weighted by molar-refractivity contribution is 6.30. The molecule has 0 aromatic heterocycles. The second-order valence-electron chi connectivity index (χ2n) is 3.88. The molecule has 1 aromatic rings. The molecule has 0 unspecified atom stereocenters. The predicted molar refractivity (Wildman–Crippen MR) is 55.9 cm³/mol. The van der Waals surface area contributed by atoms with E-state index in [1.165, 1.54) is 0 Å². The van der Waals surface area contributed by atoms with Gasteiger partial charge < -0.3 is 9.47 Å². The number of rotatable bonds is 4. The summed E-state index contributed by atoms with van der Waals surface area (Å²) < 4.78 is 60.9. The molecular weight excluding hydrogens is 276 g/mol. The van der Waals surface area contributed by atoms with E-state index in [4.69, 9.17) is 21.1 Å². The zero-order valence-electron chi connectivity index (χ0n) is 9.01. The summed E-state index contributed by atoms with van der Waals surface area (Å²) >= 11 is 5.46. The van der Waals surface area contributed by atoms with E-state index >= 15 is 0 Å². The van der Waals surface area contributed by atoms with Crippen molar-refractivity contribution in [1.82, 2.24) is 0 Å². The van der Waals surface area contributed by atoms with Gasteiger partial charge in [0.25, 0.3) is 0 Å². The number of benzene rings is 1. The Morgan fingerprint density at radius 2 is 2.11 bits per heavy atom. The van der Waals surface area contributed by atoms with Gasteiger partial charge in [0.1, 0.15) is 11.9 Å². The van der Waals surface area contributed by atoms with E-state index in [9.17, 15) is 17.6 Å². The van der Waals surface area contributed by atoms with Crippen LogP contribution in [0.25, 0.3) is 0 Å². The SMILES string of the molecule is Fc1ccc([C@H](OC[C@H]2CO2)C(F)(F)F)cc1Cl. The van der Waals surface area contributed by atoms with Crippen molar-refractivity contribution in [3.8, 4) is 0 Å². The van der Waals surface area contributed by atoms with E-state index in [1.54, 1.807) is 0 Å². The molecule has 0 saturated carbocycles. The van der Waals surface area contributed by atoms with Crippen molar-refractivity contribution in [3.63, 3.8) is 0 Å². The van der Waals surface area contributed by atoms with Crippen LogP contribution in [-0.4, -0.2) is 25.5 Å². The van der Waals surface area contributed by atoms with Crippen LogP contribution in [-0.2, 0) is 9.47 Å². The molecule has 0 N–H and O–H groups in total. The molecule has 100 valence electrons. The maximum atomic E-state index is 12.9. The highest BCUT2D eigenvalue weighted by Gasteiger charge is 2.43. The fraction of sp³-hybridized carbons (Fsp3) is 0.455. The van der Waals surface area contributed by atoms with Gasteiger partial charge in [-0.1, -0.05) is 17.7 Å². The molecule has 2 rings (SSSR count). The third kappa shape index (κ3) is 3.34. The topological polar surface area (TPSA) is 21.8 Å². The molecular formula is C11H9ClF4O2. The molecule has 2 atom stereocenters. The first kappa shape index (κ1) is 13.6.